The monoisotopic (exact) mass is 320 g/mol. The van der Waals surface area contributed by atoms with E-state index in [0.29, 0.717) is 30.3 Å². The molecule has 8 nitrogen and oxygen atoms in total. The van der Waals surface area contributed by atoms with Crippen molar-refractivity contribution in [2.24, 2.45) is 5.73 Å². The van der Waals surface area contributed by atoms with Crippen molar-refractivity contribution in [1.82, 2.24) is 5.32 Å². The van der Waals surface area contributed by atoms with E-state index in [-0.39, 0.29) is 0 Å². The highest BCUT2D eigenvalue weighted by molar-refractivity contribution is 5.97. The van der Waals surface area contributed by atoms with Crippen molar-refractivity contribution >= 4 is 24.0 Å². The van der Waals surface area contributed by atoms with E-state index in [9.17, 15) is 14.4 Å². The Morgan fingerprint density at radius 2 is 1.96 bits per heavy atom. The number of nitrogens with one attached hydrogen (secondary N) is 1. The van der Waals surface area contributed by atoms with Gasteiger partial charge < -0.3 is 19.9 Å². The van der Waals surface area contributed by atoms with Crippen LogP contribution < -0.4 is 20.5 Å². The highest BCUT2D eigenvalue weighted by Crippen LogP contribution is 2.31. The van der Waals surface area contributed by atoms with Crippen LogP contribution in [0.5, 0.6) is 11.5 Å². The van der Waals surface area contributed by atoms with Gasteiger partial charge in [0.15, 0.2) is 17.6 Å². The molecule has 3 amide bonds. The molecule has 23 heavy (non-hydrogen) atoms. The first-order chi connectivity index (χ1) is 11.0. The SMILES string of the molecule is C[C@H](OC(=O)/C=C/c1ccc2c(c1)OCCO2)C(=O)NC(N)=O. The summed E-state index contributed by atoms with van der Waals surface area (Å²) in [7, 11) is 0. The van der Waals surface area contributed by atoms with Crippen LogP contribution in [0.15, 0.2) is 24.3 Å². The van der Waals surface area contributed by atoms with E-state index < -0.39 is 24.0 Å². The van der Waals surface area contributed by atoms with Gasteiger partial charge in [0.1, 0.15) is 13.2 Å². The van der Waals surface area contributed by atoms with Gasteiger partial charge in [-0.2, -0.15) is 0 Å². The first kappa shape index (κ1) is 16.3. The molecule has 1 aliphatic heterocycles. The number of hydrogen-bond acceptors (Lipinski definition) is 6. The van der Waals surface area contributed by atoms with Gasteiger partial charge in [-0.05, 0) is 30.7 Å². The molecule has 0 fully saturated rings. The molecule has 122 valence electrons. The minimum Gasteiger partial charge on any atom is -0.486 e. The summed E-state index contributed by atoms with van der Waals surface area (Å²) >= 11 is 0. The van der Waals surface area contributed by atoms with E-state index in [1.165, 1.54) is 19.1 Å². The number of fused-ring (bicyclic) bond motifs is 1. The summed E-state index contributed by atoms with van der Waals surface area (Å²) in [6, 6.07) is 4.20. The van der Waals surface area contributed by atoms with Crippen LogP contribution in [0, 0.1) is 0 Å². The van der Waals surface area contributed by atoms with Gasteiger partial charge in [0.25, 0.3) is 5.91 Å². The maximum absolute atomic E-state index is 11.6. The maximum Gasteiger partial charge on any atom is 0.331 e. The number of amides is 3. The minimum atomic E-state index is -1.14. The molecule has 0 radical (unpaired) electrons. The molecular weight excluding hydrogens is 304 g/mol. The average molecular weight is 320 g/mol. The number of carbonyl (C=O) groups excluding carboxylic acids is 3. The van der Waals surface area contributed by atoms with E-state index in [1.807, 2.05) is 5.32 Å². The zero-order valence-corrected chi connectivity index (χ0v) is 12.4. The lowest BCUT2D eigenvalue weighted by Crippen LogP contribution is -2.42. The highest BCUT2D eigenvalue weighted by Gasteiger charge is 2.17. The standard InChI is InChI=1S/C15H16N2O6/c1-9(14(19)17-15(16)20)23-13(18)5-3-10-2-4-11-12(8-10)22-7-6-21-11/h2-5,8-9H,6-7H2,1H3,(H3,16,17,19,20)/b5-3+/t9-/m0/s1. The molecule has 1 heterocycles. The Bertz CT molecular complexity index is 655. The number of hydrogen-bond donors (Lipinski definition) is 2. The molecule has 0 bridgehead atoms. The van der Waals surface area contributed by atoms with E-state index in [0.717, 1.165) is 0 Å². The lowest BCUT2D eigenvalue weighted by Gasteiger charge is -2.18. The van der Waals surface area contributed by atoms with Crippen LogP contribution in [0.3, 0.4) is 0 Å². The number of esters is 1. The molecule has 1 aliphatic rings. The molecule has 2 rings (SSSR count). The maximum atomic E-state index is 11.6. The number of nitrogens with two attached hydrogens (primary N) is 1. The van der Waals surface area contributed by atoms with Crippen molar-refractivity contribution in [2.45, 2.75) is 13.0 Å². The van der Waals surface area contributed by atoms with Crippen LogP contribution in [0.2, 0.25) is 0 Å². The second-order valence-corrected chi connectivity index (χ2v) is 4.67. The van der Waals surface area contributed by atoms with Crippen LogP contribution in [0.1, 0.15) is 12.5 Å². The lowest BCUT2D eigenvalue weighted by atomic mass is 10.2. The molecule has 1 aromatic rings. The van der Waals surface area contributed by atoms with Crippen molar-refractivity contribution < 1.29 is 28.6 Å². The van der Waals surface area contributed by atoms with Gasteiger partial charge in [0.05, 0.1) is 0 Å². The summed E-state index contributed by atoms with van der Waals surface area (Å²) in [6.07, 6.45) is 1.54. The van der Waals surface area contributed by atoms with Crippen LogP contribution >= 0.6 is 0 Å². The summed E-state index contributed by atoms with van der Waals surface area (Å²) in [5.41, 5.74) is 5.51. The number of ether oxygens (including phenoxy) is 3. The Morgan fingerprint density at radius 3 is 2.65 bits per heavy atom. The molecule has 0 unspecified atom stereocenters. The van der Waals surface area contributed by atoms with Crippen molar-refractivity contribution in [3.05, 3.63) is 29.8 Å². The van der Waals surface area contributed by atoms with Crippen LogP contribution in [-0.2, 0) is 14.3 Å². The number of benzene rings is 1. The Labute approximate surface area is 132 Å². The third-order valence-corrected chi connectivity index (χ3v) is 2.89. The van der Waals surface area contributed by atoms with Gasteiger partial charge in [-0.25, -0.2) is 9.59 Å². The van der Waals surface area contributed by atoms with Gasteiger partial charge in [-0.15, -0.1) is 0 Å². The molecule has 0 aliphatic carbocycles. The van der Waals surface area contributed by atoms with E-state index in [2.05, 4.69) is 0 Å². The highest BCUT2D eigenvalue weighted by atomic mass is 16.6. The minimum absolute atomic E-state index is 0.467. The average Bonchev–Trinajstić information content (AvgIpc) is 2.52. The number of urea groups is 1. The zero-order chi connectivity index (χ0) is 16.8. The van der Waals surface area contributed by atoms with Crippen LogP contribution in [0.4, 0.5) is 4.79 Å². The largest absolute Gasteiger partial charge is 0.486 e. The van der Waals surface area contributed by atoms with Crippen molar-refractivity contribution in [2.75, 3.05) is 13.2 Å². The van der Waals surface area contributed by atoms with Crippen molar-refractivity contribution in [3.63, 3.8) is 0 Å². The fraction of sp³-hybridized carbons (Fsp3) is 0.267. The second-order valence-electron chi connectivity index (χ2n) is 4.67. The van der Waals surface area contributed by atoms with Crippen LogP contribution in [0.25, 0.3) is 6.08 Å². The van der Waals surface area contributed by atoms with E-state index in [4.69, 9.17) is 19.9 Å². The van der Waals surface area contributed by atoms with Gasteiger partial charge in [-0.3, -0.25) is 10.1 Å². The third kappa shape index (κ3) is 4.73. The molecule has 0 saturated carbocycles. The second kappa shape index (κ2) is 7.30. The quantitative estimate of drug-likeness (QED) is 0.619. The van der Waals surface area contributed by atoms with Gasteiger partial charge >= 0.3 is 12.0 Å². The van der Waals surface area contributed by atoms with Gasteiger partial charge in [-0.1, -0.05) is 6.07 Å². The summed E-state index contributed by atoms with van der Waals surface area (Å²) < 4.78 is 15.7. The fourth-order valence-electron chi connectivity index (χ4n) is 1.82. The molecule has 1 atom stereocenters. The Kier molecular flexibility index (Phi) is 5.19. The van der Waals surface area contributed by atoms with E-state index >= 15 is 0 Å². The Hall–Kier alpha value is -3.03. The molecule has 0 spiro atoms. The van der Waals surface area contributed by atoms with Gasteiger partial charge in [0, 0.05) is 6.08 Å². The van der Waals surface area contributed by atoms with Gasteiger partial charge in [0.2, 0.25) is 0 Å². The molecule has 0 saturated heterocycles. The van der Waals surface area contributed by atoms with Crippen molar-refractivity contribution in [1.29, 1.82) is 0 Å². The predicted molar refractivity (Wildman–Crippen MR) is 79.7 cm³/mol. The summed E-state index contributed by atoms with van der Waals surface area (Å²) in [5, 5.41) is 1.82. The first-order valence-electron chi connectivity index (χ1n) is 6.84. The Balaban J connectivity index is 1.93. The first-order valence-corrected chi connectivity index (χ1v) is 6.84. The summed E-state index contributed by atoms with van der Waals surface area (Å²) in [6.45, 7) is 2.29. The number of imide groups is 1. The number of primary amides is 1. The van der Waals surface area contributed by atoms with E-state index in [1.54, 1.807) is 18.2 Å². The molecule has 0 aromatic heterocycles. The number of rotatable bonds is 4. The molecule has 1 aromatic carbocycles. The molecule has 3 N–H and O–H groups in total. The number of carbonyl (C=O) groups is 3. The summed E-state index contributed by atoms with van der Waals surface area (Å²) in [4.78, 5) is 33.6. The summed E-state index contributed by atoms with van der Waals surface area (Å²) in [5.74, 6) is -0.278. The van der Waals surface area contributed by atoms with Crippen molar-refractivity contribution in [3.8, 4) is 11.5 Å². The van der Waals surface area contributed by atoms with Crippen LogP contribution in [-0.4, -0.2) is 37.2 Å². The molecular formula is C15H16N2O6. The predicted octanol–water partition coefficient (Wildman–Crippen LogP) is 0.598. The smallest absolute Gasteiger partial charge is 0.331 e. The zero-order valence-electron chi connectivity index (χ0n) is 12.4. The lowest BCUT2D eigenvalue weighted by molar-refractivity contribution is -0.149. The fourth-order valence-corrected chi connectivity index (χ4v) is 1.82. The molecule has 8 heteroatoms. The topological polar surface area (TPSA) is 117 Å². The normalized spacial score (nSPS) is 14.1. The Morgan fingerprint density at radius 1 is 1.26 bits per heavy atom. The third-order valence-electron chi connectivity index (χ3n) is 2.89.